The van der Waals surface area contributed by atoms with E-state index in [-0.39, 0.29) is 99.4 Å². The van der Waals surface area contributed by atoms with Crippen LogP contribution in [-0.4, -0.2) is 170 Å². The molecule has 104 heavy (non-hydrogen) atoms. The molecule has 2 saturated heterocycles. The number of aromatic hydroxyl groups is 2. The summed E-state index contributed by atoms with van der Waals surface area (Å²) in [6.45, 7) is 11.1. The van der Waals surface area contributed by atoms with Gasteiger partial charge in [-0.15, -0.1) is 0 Å². The fourth-order valence-electron chi connectivity index (χ4n) is 10.0. The molecule has 0 aromatic heterocycles. The number of halogens is 13. The molecule has 7 N–H and O–H groups in total. The van der Waals surface area contributed by atoms with Gasteiger partial charge in [-0.1, -0.05) is 155 Å². The third kappa shape index (κ3) is 28.6. The van der Waals surface area contributed by atoms with Gasteiger partial charge in [0.25, 0.3) is 0 Å². The molecule has 0 aliphatic carbocycles. The molecule has 0 radical (unpaired) electrons. The molecule has 2 heterocycles. The third-order valence-electron chi connectivity index (χ3n) is 15.4. The Kier molecular flexibility index (Phi) is 43.6. The minimum Gasteiger partial charge on any atom is -0.508 e. The van der Waals surface area contributed by atoms with Crippen LogP contribution in [-0.2, 0) is 38.1 Å². The zero-order valence-electron chi connectivity index (χ0n) is 57.5. The van der Waals surface area contributed by atoms with Gasteiger partial charge >= 0.3 is 23.9 Å². The molecule has 0 amide bonds. The molecule has 6 aromatic carbocycles. The van der Waals surface area contributed by atoms with E-state index < -0.39 is 41.0 Å². The van der Waals surface area contributed by atoms with Crippen molar-refractivity contribution in [1.82, 2.24) is 9.80 Å². The van der Waals surface area contributed by atoms with E-state index in [1.54, 1.807) is 77.3 Å². The van der Waals surface area contributed by atoms with Gasteiger partial charge in [0.05, 0.1) is 128 Å². The van der Waals surface area contributed by atoms with Crippen LogP contribution in [0.5, 0.6) is 34.5 Å². The van der Waals surface area contributed by atoms with Gasteiger partial charge < -0.3 is 73.6 Å². The van der Waals surface area contributed by atoms with Crippen LogP contribution in [0, 0.1) is 11.8 Å². The predicted molar refractivity (Wildman–Crippen MR) is 412 cm³/mol. The van der Waals surface area contributed by atoms with Crippen molar-refractivity contribution in [2.45, 2.75) is 82.5 Å². The Balaban J connectivity index is 0.000000330. The monoisotopic (exact) mass is 1750 g/mol. The lowest BCUT2D eigenvalue weighted by Gasteiger charge is -2.37. The molecule has 2 aliphatic heterocycles. The number of nitrogens with zero attached hydrogens (tertiary/aromatic N) is 2. The van der Waals surface area contributed by atoms with Gasteiger partial charge in [-0.3, -0.25) is 14.6 Å². The van der Waals surface area contributed by atoms with E-state index in [9.17, 15) is 49.8 Å². The molecular weight excluding hydrogens is 1680 g/mol. The summed E-state index contributed by atoms with van der Waals surface area (Å²) in [5, 5.41) is 70.0. The normalized spacial score (nSPS) is 14.5. The zero-order chi connectivity index (χ0) is 78.2. The highest BCUT2D eigenvalue weighted by Gasteiger charge is 2.35. The van der Waals surface area contributed by atoms with E-state index in [0.29, 0.717) is 101 Å². The lowest BCUT2D eigenvalue weighted by atomic mass is 9.94. The smallest absolute Gasteiger partial charge is 0.339 e. The summed E-state index contributed by atoms with van der Waals surface area (Å²) in [6, 6.07) is 18.7. The Labute approximate surface area is 672 Å². The number of ether oxygens (including phenoxy) is 8. The standard InChI is InChI=1S/C17H23Cl2NO4.C15H21Cl2NO3.C11H11BrCl2O3.C11H12Cl2O4.C10H10Cl2O4.C6H4Cl2O/c1-3-24-17(22)16(20-6-4-11(10-21)5-7-20)12-8-13(18)14(19)9-15(12)23-2;1-21-15-7-13(17)12(16)6-11(15)14(9-20)18-4-2-10(8-19)3-5-18;1-3-17-11(15)10(12)6-4-7(13)8(14)5-9(6)16-2;1-3-17-11(15)10(14)6-4-7(12)8(13)5-9(6)16-2;1-2-16-10(15)9(14)5-3-6(11)7(12)4-8(5)13;7-5-2-1-4(9)3-6(5)8/h8-9,11,16,21H,3-7,10H2,1-2H3;6-7,10,14,19-20H,2-5,8-9H2,1H3;4-5,10H,3H2,1-2H3;4-5,10,14H,3H2,1-2H3;3-4,9,13-14H,2H2,1H3;1-3,9H. The first-order valence-electron chi connectivity index (χ1n) is 31.7. The maximum atomic E-state index is 12.6. The van der Waals surface area contributed by atoms with Crippen molar-refractivity contribution in [3.05, 3.63) is 167 Å². The summed E-state index contributed by atoms with van der Waals surface area (Å²) < 4.78 is 40.4. The van der Waals surface area contributed by atoms with E-state index in [4.69, 9.17) is 177 Å². The Morgan fingerprint density at radius 3 is 1.12 bits per heavy atom. The van der Waals surface area contributed by atoms with Gasteiger partial charge in [0, 0.05) is 71.4 Å². The number of hydrogen-bond donors (Lipinski definition) is 7. The summed E-state index contributed by atoms with van der Waals surface area (Å²) in [5.41, 5.74) is 2.26. The van der Waals surface area contributed by atoms with Crippen LogP contribution in [0.4, 0.5) is 0 Å². The fraction of sp³-hybridized carbons (Fsp3) is 0.429. The van der Waals surface area contributed by atoms with Gasteiger partial charge in [-0.2, -0.15) is 0 Å². The van der Waals surface area contributed by atoms with E-state index in [0.717, 1.165) is 50.4 Å². The van der Waals surface area contributed by atoms with Crippen molar-refractivity contribution in [2.24, 2.45) is 11.8 Å². The molecule has 576 valence electrons. The van der Waals surface area contributed by atoms with Crippen LogP contribution < -0.4 is 18.9 Å². The molecule has 21 nitrogen and oxygen atoms in total. The summed E-state index contributed by atoms with van der Waals surface area (Å²) in [5.74, 6) is 0.00500. The quantitative estimate of drug-likeness (QED) is 0.0189. The highest BCUT2D eigenvalue weighted by molar-refractivity contribution is 9.09. The first-order valence-corrected chi connectivity index (χ1v) is 37.2. The number of methoxy groups -OCH3 is 4. The van der Waals surface area contributed by atoms with Gasteiger partial charge in [0.2, 0.25) is 0 Å². The highest BCUT2D eigenvalue weighted by Crippen LogP contribution is 2.42. The molecule has 0 bridgehead atoms. The third-order valence-corrected chi connectivity index (χ3v) is 20.6. The second kappa shape index (κ2) is 48.3. The number of piperidine rings is 2. The Hall–Kier alpha value is -4.32. The number of phenolic OH excluding ortho intramolecular Hbond substituents is 2. The Morgan fingerprint density at radius 1 is 0.413 bits per heavy atom. The van der Waals surface area contributed by atoms with Crippen molar-refractivity contribution in [3.8, 4) is 34.5 Å². The number of rotatable bonds is 22. The molecule has 5 unspecified atom stereocenters. The number of carbonyl (C=O) groups is 4. The van der Waals surface area contributed by atoms with Crippen molar-refractivity contribution in [2.75, 3.05) is 101 Å². The Morgan fingerprint density at radius 2 is 0.731 bits per heavy atom. The van der Waals surface area contributed by atoms with Gasteiger partial charge in [-0.05, 0) is 140 Å². The van der Waals surface area contributed by atoms with Crippen molar-refractivity contribution in [3.63, 3.8) is 0 Å². The number of likely N-dealkylation sites (tertiary alicyclic amines) is 2. The topological polar surface area (TPSA) is 290 Å². The number of esters is 4. The van der Waals surface area contributed by atoms with Crippen LogP contribution >= 0.6 is 155 Å². The van der Waals surface area contributed by atoms with Gasteiger partial charge in [-0.25, -0.2) is 14.4 Å². The number of phenols is 2. The van der Waals surface area contributed by atoms with E-state index in [1.807, 2.05) is 4.90 Å². The minimum atomic E-state index is -1.57. The SMILES string of the molecule is CCOC(=O)C(Br)c1cc(Cl)c(Cl)cc1OC.CCOC(=O)C(O)c1cc(Cl)c(Cl)cc1O.CCOC(=O)C(O)c1cc(Cl)c(Cl)cc1OC.CCOC(=O)C(c1cc(Cl)c(Cl)cc1OC)N1CCC(CO)CC1.COc1cc(Cl)c(Cl)cc1C(CO)N1CCC(CO)CC1.Oc1ccc(Cl)c(Cl)c1. The van der Waals surface area contributed by atoms with Gasteiger partial charge in [0.15, 0.2) is 12.2 Å². The molecule has 8 rings (SSSR count). The largest absolute Gasteiger partial charge is 0.508 e. The van der Waals surface area contributed by atoms with Crippen molar-refractivity contribution < 1.29 is 92.8 Å². The summed E-state index contributed by atoms with van der Waals surface area (Å²) in [4.78, 5) is 50.5. The summed E-state index contributed by atoms with van der Waals surface area (Å²) >= 11 is 73.4. The van der Waals surface area contributed by atoms with Crippen molar-refractivity contribution in [1.29, 1.82) is 0 Å². The Bertz CT molecular complexity index is 3660. The molecule has 6 aromatic rings. The first-order chi connectivity index (χ1) is 49.3. The maximum absolute atomic E-state index is 12.6. The van der Waals surface area contributed by atoms with Crippen LogP contribution in [0.3, 0.4) is 0 Å². The number of aliphatic hydroxyl groups is 5. The van der Waals surface area contributed by atoms with Crippen LogP contribution in [0.25, 0.3) is 0 Å². The van der Waals surface area contributed by atoms with Crippen molar-refractivity contribution >= 4 is 179 Å². The average molecular weight is 1760 g/mol. The number of hydrogen-bond acceptors (Lipinski definition) is 21. The lowest BCUT2D eigenvalue weighted by Crippen LogP contribution is -2.41. The number of carbonyl (C=O) groups excluding carboxylic acids is 4. The van der Waals surface area contributed by atoms with Crippen LogP contribution in [0.1, 0.15) is 110 Å². The zero-order valence-corrected chi connectivity index (χ0v) is 68.1. The van der Waals surface area contributed by atoms with Crippen LogP contribution in [0.15, 0.2) is 78.9 Å². The van der Waals surface area contributed by atoms with E-state index in [1.165, 1.54) is 51.7 Å². The molecule has 2 fully saturated rings. The maximum Gasteiger partial charge on any atom is 0.339 e. The minimum absolute atomic E-state index is 0.0158. The molecule has 0 saturated carbocycles. The second-order valence-electron chi connectivity index (χ2n) is 22.1. The van der Waals surface area contributed by atoms with E-state index in [2.05, 4.69) is 25.6 Å². The van der Waals surface area contributed by atoms with Gasteiger partial charge in [0.1, 0.15) is 45.4 Å². The molecule has 2 aliphatic rings. The molecule has 34 heteroatoms. The second-order valence-corrected chi connectivity index (χ2v) is 27.9. The fourth-order valence-corrected chi connectivity index (χ4v) is 12.4. The average Bonchev–Trinajstić information content (AvgIpc) is 0.795. The predicted octanol–water partition coefficient (Wildman–Crippen LogP) is 17.6. The number of benzene rings is 6. The first kappa shape index (κ1) is 93.9. The summed E-state index contributed by atoms with van der Waals surface area (Å²) in [6.07, 6.45) is 0.494. The number of alkyl halides is 1. The molecule has 5 atom stereocenters. The molecular formula is C70H81BrCl12N2O19. The van der Waals surface area contributed by atoms with E-state index >= 15 is 0 Å². The summed E-state index contributed by atoms with van der Waals surface area (Å²) in [7, 11) is 6.01. The van der Waals surface area contributed by atoms with Crippen LogP contribution in [0.2, 0.25) is 60.3 Å². The lowest BCUT2D eigenvalue weighted by molar-refractivity contribution is -0.154. The molecule has 0 spiro atoms. The highest BCUT2D eigenvalue weighted by atomic mass is 79.9. The number of aliphatic hydroxyl groups excluding tert-OH is 5.